The summed E-state index contributed by atoms with van der Waals surface area (Å²) >= 11 is 0. The number of hydrogen-bond donors (Lipinski definition) is 2. The maximum Gasteiger partial charge on any atom is 0.250 e. The zero-order valence-electron chi connectivity index (χ0n) is 14.7. The number of primary amides is 1. The zero-order chi connectivity index (χ0) is 19.0. The lowest BCUT2D eigenvalue weighted by molar-refractivity contribution is -0.116. The van der Waals surface area contributed by atoms with E-state index in [9.17, 15) is 9.59 Å². The topological polar surface area (TPSA) is 99.2 Å². The van der Waals surface area contributed by atoms with Crippen LogP contribution in [0.1, 0.15) is 21.5 Å². The van der Waals surface area contributed by atoms with Crippen molar-refractivity contribution in [2.24, 2.45) is 5.73 Å². The van der Waals surface area contributed by atoms with Crippen LogP contribution in [0, 0.1) is 6.92 Å². The molecule has 2 aromatic carbocycles. The molecule has 0 atom stereocenters. The Hall–Kier alpha value is -3.61. The lowest BCUT2D eigenvalue weighted by atomic mass is 10.0. The molecule has 0 bridgehead atoms. The summed E-state index contributed by atoms with van der Waals surface area (Å²) in [7, 11) is 0. The fourth-order valence-corrected chi connectivity index (χ4v) is 3.20. The average Bonchev–Trinajstić information content (AvgIpc) is 3.05. The number of rotatable bonds is 4. The first kappa shape index (κ1) is 16.8. The van der Waals surface area contributed by atoms with Crippen LogP contribution in [-0.4, -0.2) is 21.6 Å². The highest BCUT2D eigenvalue weighted by atomic mass is 16.5. The fraction of sp³-hybridized carbons (Fsp3) is 0.150. The van der Waals surface area contributed by atoms with E-state index >= 15 is 0 Å². The van der Waals surface area contributed by atoms with Gasteiger partial charge in [-0.2, -0.15) is 5.10 Å². The molecule has 136 valence electrons. The highest BCUT2D eigenvalue weighted by Gasteiger charge is 2.23. The number of benzene rings is 2. The number of carbonyl (C=O) groups excluding carboxylic acids is 2. The van der Waals surface area contributed by atoms with Gasteiger partial charge in [-0.3, -0.25) is 14.3 Å². The van der Waals surface area contributed by atoms with Gasteiger partial charge < -0.3 is 15.8 Å². The molecule has 0 saturated carbocycles. The van der Waals surface area contributed by atoms with Gasteiger partial charge in [-0.05, 0) is 31.2 Å². The second kappa shape index (κ2) is 6.60. The quantitative estimate of drug-likeness (QED) is 0.745. The van der Waals surface area contributed by atoms with Crippen LogP contribution in [-0.2, 0) is 17.9 Å². The van der Waals surface area contributed by atoms with Crippen LogP contribution >= 0.6 is 0 Å². The Morgan fingerprint density at radius 3 is 2.89 bits per heavy atom. The first-order valence-corrected chi connectivity index (χ1v) is 8.50. The minimum atomic E-state index is -0.594. The third-order valence-corrected chi connectivity index (χ3v) is 4.45. The lowest BCUT2D eigenvalue weighted by Gasteiger charge is -2.20. The fourth-order valence-electron chi connectivity index (χ4n) is 3.20. The Morgan fingerprint density at radius 2 is 2.07 bits per heavy atom. The van der Waals surface area contributed by atoms with Gasteiger partial charge in [-0.15, -0.1) is 0 Å². The number of hydrogen-bond acceptors (Lipinski definition) is 4. The van der Waals surface area contributed by atoms with Gasteiger partial charge in [-0.1, -0.05) is 23.8 Å². The molecular formula is C20H18N4O3. The van der Waals surface area contributed by atoms with Gasteiger partial charge in [0.2, 0.25) is 5.91 Å². The number of aryl methyl sites for hydroxylation is 1. The Bertz CT molecular complexity index is 1060. The summed E-state index contributed by atoms with van der Waals surface area (Å²) in [6.45, 7) is 2.43. The summed E-state index contributed by atoms with van der Waals surface area (Å²) in [5.74, 6) is -0.117. The predicted molar refractivity (Wildman–Crippen MR) is 100 cm³/mol. The number of ether oxygens (including phenoxy) is 1. The molecule has 0 aliphatic carbocycles. The number of nitrogens with zero attached hydrogens (tertiary/aromatic N) is 2. The van der Waals surface area contributed by atoms with E-state index in [1.807, 2.05) is 25.1 Å². The first-order valence-electron chi connectivity index (χ1n) is 8.50. The van der Waals surface area contributed by atoms with Crippen molar-refractivity contribution in [3.63, 3.8) is 0 Å². The van der Waals surface area contributed by atoms with Crippen molar-refractivity contribution < 1.29 is 14.3 Å². The Labute approximate surface area is 155 Å². The normalized spacial score (nSPS) is 11.9. The smallest absolute Gasteiger partial charge is 0.250 e. The van der Waals surface area contributed by atoms with Crippen LogP contribution in [0.3, 0.4) is 0 Å². The van der Waals surface area contributed by atoms with Crippen LogP contribution in [0.15, 0.2) is 48.7 Å². The van der Waals surface area contributed by atoms with Crippen molar-refractivity contribution in [1.29, 1.82) is 0 Å². The van der Waals surface area contributed by atoms with Crippen molar-refractivity contribution in [3.8, 4) is 17.0 Å². The standard InChI is InChI=1S/C20H18N4O3/c1-12-6-7-17-15(8-12)19-13(11-27-17)9-22-24(19)10-18(25)23-16-5-3-2-4-14(16)20(21)26/h2-9H,10-11H2,1H3,(H2,21,26)(H,23,25). The number of carbonyl (C=O) groups is 2. The number of anilines is 1. The second-order valence-corrected chi connectivity index (χ2v) is 6.42. The Balaban J connectivity index is 1.61. The lowest BCUT2D eigenvalue weighted by Crippen LogP contribution is -2.23. The molecule has 1 aliphatic rings. The highest BCUT2D eigenvalue weighted by molar-refractivity contribution is 6.03. The zero-order valence-corrected chi connectivity index (χ0v) is 14.7. The van der Waals surface area contributed by atoms with Crippen LogP contribution < -0.4 is 15.8 Å². The van der Waals surface area contributed by atoms with Gasteiger partial charge in [0.05, 0.1) is 23.1 Å². The number of para-hydroxylation sites is 1. The molecule has 4 rings (SSSR count). The summed E-state index contributed by atoms with van der Waals surface area (Å²) in [4.78, 5) is 24.1. The summed E-state index contributed by atoms with van der Waals surface area (Å²) < 4.78 is 7.41. The average molecular weight is 362 g/mol. The van der Waals surface area contributed by atoms with Gasteiger partial charge in [0, 0.05) is 11.1 Å². The Morgan fingerprint density at radius 1 is 1.26 bits per heavy atom. The van der Waals surface area contributed by atoms with Crippen molar-refractivity contribution in [1.82, 2.24) is 9.78 Å². The summed E-state index contributed by atoms with van der Waals surface area (Å²) in [5, 5.41) is 7.09. The molecule has 7 nitrogen and oxygen atoms in total. The molecule has 27 heavy (non-hydrogen) atoms. The van der Waals surface area contributed by atoms with Gasteiger partial charge in [-0.25, -0.2) is 0 Å². The number of aromatic nitrogens is 2. The molecule has 7 heteroatoms. The minimum absolute atomic E-state index is 0.00973. The predicted octanol–water partition coefficient (Wildman–Crippen LogP) is 2.49. The largest absolute Gasteiger partial charge is 0.488 e. The SMILES string of the molecule is Cc1ccc2c(c1)-c1c(cnn1CC(=O)Nc1ccccc1C(N)=O)CO2. The summed E-state index contributed by atoms with van der Waals surface area (Å²) in [5.41, 5.74) is 9.83. The number of nitrogens with two attached hydrogens (primary N) is 1. The molecule has 3 N–H and O–H groups in total. The van der Waals surface area contributed by atoms with Crippen LogP contribution in [0.5, 0.6) is 5.75 Å². The maximum absolute atomic E-state index is 12.6. The number of nitrogens with one attached hydrogen (secondary N) is 1. The van der Waals surface area contributed by atoms with Crippen LogP contribution in [0.2, 0.25) is 0 Å². The highest BCUT2D eigenvalue weighted by Crippen LogP contribution is 2.37. The van der Waals surface area contributed by atoms with E-state index in [-0.39, 0.29) is 18.0 Å². The molecule has 3 aromatic rings. The third kappa shape index (κ3) is 3.15. The molecule has 0 spiro atoms. The molecule has 0 fully saturated rings. The molecule has 0 saturated heterocycles. The molecular weight excluding hydrogens is 344 g/mol. The molecule has 0 radical (unpaired) electrons. The van der Waals surface area contributed by atoms with Crippen molar-refractivity contribution in [3.05, 3.63) is 65.4 Å². The second-order valence-electron chi connectivity index (χ2n) is 6.42. The van der Waals surface area contributed by atoms with E-state index in [1.54, 1.807) is 35.1 Å². The van der Waals surface area contributed by atoms with Gasteiger partial charge in [0.15, 0.2) is 0 Å². The van der Waals surface area contributed by atoms with E-state index in [4.69, 9.17) is 10.5 Å². The first-order chi connectivity index (χ1) is 13.0. The summed E-state index contributed by atoms with van der Waals surface area (Å²) in [6.07, 6.45) is 1.71. The van der Waals surface area contributed by atoms with E-state index in [0.717, 1.165) is 28.1 Å². The van der Waals surface area contributed by atoms with Crippen molar-refractivity contribution >= 4 is 17.5 Å². The molecule has 1 aromatic heterocycles. The van der Waals surface area contributed by atoms with Crippen LogP contribution in [0.25, 0.3) is 11.3 Å². The molecule has 0 unspecified atom stereocenters. The molecule has 2 heterocycles. The Kier molecular flexibility index (Phi) is 4.12. The molecule has 2 amide bonds. The van der Waals surface area contributed by atoms with E-state index in [1.165, 1.54) is 0 Å². The van der Waals surface area contributed by atoms with Crippen molar-refractivity contribution in [2.75, 3.05) is 5.32 Å². The van der Waals surface area contributed by atoms with Gasteiger partial charge in [0.25, 0.3) is 5.91 Å². The maximum atomic E-state index is 12.6. The number of fused-ring (bicyclic) bond motifs is 3. The monoisotopic (exact) mass is 362 g/mol. The third-order valence-electron chi connectivity index (χ3n) is 4.45. The summed E-state index contributed by atoms with van der Waals surface area (Å²) in [6, 6.07) is 12.6. The van der Waals surface area contributed by atoms with Gasteiger partial charge >= 0.3 is 0 Å². The van der Waals surface area contributed by atoms with Gasteiger partial charge in [0.1, 0.15) is 18.9 Å². The van der Waals surface area contributed by atoms with Crippen molar-refractivity contribution in [2.45, 2.75) is 20.1 Å². The number of amides is 2. The van der Waals surface area contributed by atoms with E-state index in [2.05, 4.69) is 10.4 Å². The van der Waals surface area contributed by atoms with Crippen LogP contribution in [0.4, 0.5) is 5.69 Å². The van der Waals surface area contributed by atoms with E-state index in [0.29, 0.717) is 12.3 Å². The van der Waals surface area contributed by atoms with E-state index < -0.39 is 5.91 Å². The minimum Gasteiger partial charge on any atom is -0.488 e. The molecule has 1 aliphatic heterocycles.